The summed E-state index contributed by atoms with van der Waals surface area (Å²) in [6.07, 6.45) is 1.50. The molecule has 1 aliphatic rings. The summed E-state index contributed by atoms with van der Waals surface area (Å²) in [5.41, 5.74) is 4.90. The molecule has 6 atom stereocenters. The van der Waals surface area contributed by atoms with Gasteiger partial charge in [-0.15, -0.1) is 0 Å². The molecule has 4 rings (SSSR count). The molecule has 2 aromatic heterocycles. The summed E-state index contributed by atoms with van der Waals surface area (Å²) in [6.45, 7) is 9.04. The molecule has 1 saturated heterocycles. The van der Waals surface area contributed by atoms with E-state index >= 15 is 0 Å². The zero-order valence-corrected chi connectivity index (χ0v) is 28.3. The molecular weight excluding hydrogens is 629 g/mol. The number of imidazole rings is 1. The van der Waals surface area contributed by atoms with Gasteiger partial charge in [-0.2, -0.15) is 20.3 Å². The molecule has 3 aromatic rings. The van der Waals surface area contributed by atoms with Crippen LogP contribution in [-0.2, 0) is 23.4 Å². The van der Waals surface area contributed by atoms with E-state index < -0.39 is 50.2 Å². The number of nitrogens with one attached hydrogen (secondary N) is 1. The summed E-state index contributed by atoms with van der Waals surface area (Å²) >= 11 is 0. The van der Waals surface area contributed by atoms with Gasteiger partial charge in [-0.05, 0) is 51.7 Å². The fourth-order valence-electron chi connectivity index (χ4n) is 5.46. The predicted molar refractivity (Wildman–Crippen MR) is 172 cm³/mol. The number of rotatable bonds is 17. The molecule has 1 aromatic carbocycles. The third-order valence-electron chi connectivity index (χ3n) is 7.90. The molecular formula is C31H44N7O8P. The Kier molecular flexibility index (Phi) is 12.2. The number of esters is 1. The second-order valence-corrected chi connectivity index (χ2v) is 13.3. The largest absolute Gasteiger partial charge is 0.476 e. The maximum atomic E-state index is 14.1. The first-order chi connectivity index (χ1) is 22.5. The van der Waals surface area contributed by atoms with Gasteiger partial charge in [-0.3, -0.25) is 13.9 Å². The van der Waals surface area contributed by atoms with Crippen LogP contribution in [0.2, 0.25) is 0 Å². The van der Waals surface area contributed by atoms with Crippen molar-refractivity contribution in [2.45, 2.75) is 84.8 Å². The summed E-state index contributed by atoms with van der Waals surface area (Å²) < 4.78 is 44.4. The molecule has 1 unspecified atom stereocenters. The number of benzene rings is 1. The van der Waals surface area contributed by atoms with Gasteiger partial charge in [0, 0.05) is 0 Å². The molecule has 47 heavy (non-hydrogen) atoms. The van der Waals surface area contributed by atoms with E-state index in [1.165, 1.54) is 24.7 Å². The zero-order valence-electron chi connectivity index (χ0n) is 27.4. The van der Waals surface area contributed by atoms with E-state index in [4.69, 9.17) is 29.0 Å². The van der Waals surface area contributed by atoms with Crippen LogP contribution >= 0.6 is 7.75 Å². The number of hydrogen-bond acceptors (Lipinski definition) is 13. The molecule has 0 saturated carbocycles. The highest BCUT2D eigenvalue weighted by atomic mass is 31.2. The second kappa shape index (κ2) is 15.9. The van der Waals surface area contributed by atoms with Crippen molar-refractivity contribution in [3.05, 3.63) is 36.7 Å². The van der Waals surface area contributed by atoms with Gasteiger partial charge in [-0.1, -0.05) is 44.9 Å². The quantitative estimate of drug-likeness (QED) is 0.133. The monoisotopic (exact) mass is 673 g/mol. The Morgan fingerprint density at radius 2 is 1.94 bits per heavy atom. The molecule has 1 aliphatic heterocycles. The fourth-order valence-corrected chi connectivity index (χ4v) is 6.96. The van der Waals surface area contributed by atoms with E-state index in [9.17, 15) is 19.7 Å². The Bertz CT molecular complexity index is 1580. The summed E-state index contributed by atoms with van der Waals surface area (Å²) in [5.74, 6) is -0.0839. The van der Waals surface area contributed by atoms with Gasteiger partial charge in [0.1, 0.15) is 29.4 Å². The number of aliphatic hydroxyl groups is 1. The predicted octanol–water partition coefficient (Wildman–Crippen LogP) is 4.54. The Morgan fingerprint density at radius 3 is 2.57 bits per heavy atom. The van der Waals surface area contributed by atoms with Crippen molar-refractivity contribution in [1.82, 2.24) is 24.6 Å². The molecule has 256 valence electrons. The maximum Gasteiger partial charge on any atom is 0.459 e. The Hall–Kier alpha value is -3.80. The van der Waals surface area contributed by atoms with Crippen molar-refractivity contribution in [1.29, 1.82) is 5.26 Å². The molecule has 0 aliphatic carbocycles. The van der Waals surface area contributed by atoms with Gasteiger partial charge in [0.25, 0.3) is 0 Å². The molecule has 0 spiro atoms. The number of ether oxygens (including phenoxy) is 3. The lowest BCUT2D eigenvalue weighted by Crippen LogP contribution is -2.39. The number of fused-ring (bicyclic) bond motifs is 1. The van der Waals surface area contributed by atoms with Gasteiger partial charge in [-0.25, -0.2) is 9.55 Å². The van der Waals surface area contributed by atoms with Gasteiger partial charge in [0.2, 0.25) is 11.8 Å². The Balaban J connectivity index is 1.54. The summed E-state index contributed by atoms with van der Waals surface area (Å²) in [4.78, 5) is 25.6. The van der Waals surface area contributed by atoms with Crippen molar-refractivity contribution in [3.8, 4) is 17.7 Å². The molecule has 0 radical (unpaired) electrons. The van der Waals surface area contributed by atoms with E-state index in [-0.39, 0.29) is 35.7 Å². The summed E-state index contributed by atoms with van der Waals surface area (Å²) in [5, 5.41) is 24.2. The van der Waals surface area contributed by atoms with Crippen molar-refractivity contribution < 1.29 is 37.7 Å². The lowest BCUT2D eigenvalue weighted by atomic mass is 9.84. The van der Waals surface area contributed by atoms with Crippen molar-refractivity contribution in [2.24, 2.45) is 11.3 Å². The molecule has 15 nitrogen and oxygen atoms in total. The molecule has 4 N–H and O–H groups in total. The first-order valence-corrected chi connectivity index (χ1v) is 17.3. The fraction of sp³-hybridized carbons (Fsp3) is 0.581. The Labute approximate surface area is 274 Å². The van der Waals surface area contributed by atoms with Crippen LogP contribution in [-0.4, -0.2) is 68.7 Å². The van der Waals surface area contributed by atoms with Crippen LogP contribution in [0.5, 0.6) is 11.6 Å². The SMILES string of the molecule is CCCC(CCC)COC(=O)[C@H](C)NP(=O)(OC[C@H]1O[C@@H](n2cnc3c(OCC)nc(N)nc32)[C@](C)(C#N)[C@@H]1O)Oc1ccccc1. The number of hydrogen-bond donors (Lipinski definition) is 3. The number of carbonyl (C=O) groups is 1. The lowest BCUT2D eigenvalue weighted by molar-refractivity contribution is -0.146. The van der Waals surface area contributed by atoms with Crippen molar-refractivity contribution in [2.75, 3.05) is 25.6 Å². The topological polar surface area (TPSA) is 206 Å². The number of nitrogens with zero attached hydrogens (tertiary/aromatic N) is 5. The minimum Gasteiger partial charge on any atom is -0.476 e. The normalized spacial score (nSPS) is 22.9. The number of aromatic nitrogens is 4. The lowest BCUT2D eigenvalue weighted by Gasteiger charge is -2.26. The van der Waals surface area contributed by atoms with Crippen LogP contribution in [0.1, 0.15) is 66.5 Å². The smallest absolute Gasteiger partial charge is 0.459 e. The van der Waals surface area contributed by atoms with Gasteiger partial charge in [0.15, 0.2) is 17.4 Å². The summed E-state index contributed by atoms with van der Waals surface area (Å²) in [7, 11) is -4.29. The highest BCUT2D eigenvalue weighted by Gasteiger charge is 2.56. The van der Waals surface area contributed by atoms with E-state index in [0.717, 1.165) is 25.7 Å². The van der Waals surface area contributed by atoms with E-state index in [0.29, 0.717) is 12.1 Å². The second-order valence-electron chi connectivity index (χ2n) is 11.6. The third kappa shape index (κ3) is 8.38. The Morgan fingerprint density at radius 1 is 1.23 bits per heavy atom. The first-order valence-electron chi connectivity index (χ1n) is 15.8. The molecule has 0 bridgehead atoms. The molecule has 16 heteroatoms. The minimum atomic E-state index is -4.29. The molecule has 3 heterocycles. The maximum absolute atomic E-state index is 14.1. The highest BCUT2D eigenvalue weighted by molar-refractivity contribution is 7.52. The van der Waals surface area contributed by atoms with E-state index in [1.54, 1.807) is 37.3 Å². The number of anilines is 1. The summed E-state index contributed by atoms with van der Waals surface area (Å²) in [6, 6.07) is 9.38. The number of aliphatic hydroxyl groups excluding tert-OH is 1. The van der Waals surface area contributed by atoms with Crippen LogP contribution < -0.4 is 20.1 Å². The van der Waals surface area contributed by atoms with Crippen LogP contribution in [0.15, 0.2) is 36.7 Å². The van der Waals surface area contributed by atoms with Crippen LogP contribution in [0.4, 0.5) is 5.95 Å². The third-order valence-corrected chi connectivity index (χ3v) is 9.55. The standard InChI is InChI=1S/C31H44N7O8P/c1-6-12-21(13-7-2)16-43-28(40)20(4)37-47(41,46-22-14-10-9-11-15-22)44-17-23-25(39)31(5,18-32)29(45-23)38-19-34-24-26(38)35-30(33)36-27(24)42-8-3/h9-11,14-15,19-21,23,25,29,39H,6-8,12-13,16-17H2,1-5H3,(H,37,41)(H2,33,35,36)/t20-,23+,25+,29+,31+,47?/m0/s1. The first kappa shape index (κ1) is 36.0. The number of nitrogens with two attached hydrogens (primary N) is 1. The van der Waals surface area contributed by atoms with E-state index in [1.807, 2.05) is 0 Å². The number of para-hydroxylation sites is 1. The average Bonchev–Trinajstić information content (AvgIpc) is 3.57. The zero-order chi connectivity index (χ0) is 34.2. The van der Waals surface area contributed by atoms with Gasteiger partial charge < -0.3 is 29.6 Å². The van der Waals surface area contributed by atoms with Crippen LogP contribution in [0, 0.1) is 22.7 Å². The number of nitriles is 1. The number of carbonyl (C=O) groups excluding carboxylic acids is 1. The number of nitrogen functional groups attached to an aromatic ring is 1. The van der Waals surface area contributed by atoms with Gasteiger partial charge in [0.05, 0.1) is 32.2 Å². The highest BCUT2D eigenvalue weighted by Crippen LogP contribution is 2.49. The van der Waals surface area contributed by atoms with Crippen LogP contribution in [0.25, 0.3) is 11.2 Å². The average molecular weight is 674 g/mol. The van der Waals surface area contributed by atoms with Crippen LogP contribution in [0.3, 0.4) is 0 Å². The van der Waals surface area contributed by atoms with Crippen molar-refractivity contribution in [3.63, 3.8) is 0 Å². The van der Waals surface area contributed by atoms with Crippen molar-refractivity contribution >= 4 is 30.8 Å². The minimum absolute atomic E-state index is 0.0799. The van der Waals surface area contributed by atoms with Gasteiger partial charge >= 0.3 is 13.7 Å². The molecule has 1 fully saturated rings. The molecule has 0 amide bonds. The van der Waals surface area contributed by atoms with E-state index in [2.05, 4.69) is 40.0 Å².